The molecule has 0 saturated carbocycles. The zero-order valence-electron chi connectivity index (χ0n) is 18.7. The molecule has 34 heavy (non-hydrogen) atoms. The van der Waals surface area contributed by atoms with Gasteiger partial charge in [0.2, 0.25) is 17.7 Å². The van der Waals surface area contributed by atoms with Crippen molar-refractivity contribution in [3.05, 3.63) is 58.6 Å². The molecule has 1 atom stereocenters. The minimum Gasteiger partial charge on any atom is -0.369 e. The molecule has 180 valence electrons. The lowest BCUT2D eigenvalue weighted by molar-refractivity contribution is -0.145. The number of hydrogen-bond donors (Lipinski definition) is 2. The van der Waals surface area contributed by atoms with Gasteiger partial charge in [0, 0.05) is 60.7 Å². The molecule has 3 amide bonds. The molecule has 0 aliphatic carbocycles. The molecule has 2 aliphatic rings. The van der Waals surface area contributed by atoms with E-state index < -0.39 is 6.04 Å². The fourth-order valence-corrected chi connectivity index (χ4v) is 4.58. The lowest BCUT2D eigenvalue weighted by Gasteiger charge is -2.39. The Morgan fingerprint density at radius 3 is 2.41 bits per heavy atom. The van der Waals surface area contributed by atoms with E-state index in [1.54, 1.807) is 24.3 Å². The van der Waals surface area contributed by atoms with Crippen LogP contribution in [-0.2, 0) is 14.4 Å². The van der Waals surface area contributed by atoms with Crippen LogP contribution < -0.4 is 15.5 Å². The van der Waals surface area contributed by atoms with Crippen molar-refractivity contribution < 1.29 is 14.4 Å². The Hall–Kier alpha value is -2.81. The third kappa shape index (κ3) is 6.20. The first-order valence-corrected chi connectivity index (χ1v) is 12.0. The minimum absolute atomic E-state index is 0.117. The average molecular weight is 504 g/mol. The van der Waals surface area contributed by atoms with E-state index in [9.17, 15) is 14.4 Å². The molecule has 0 radical (unpaired) electrons. The van der Waals surface area contributed by atoms with Crippen LogP contribution in [-0.4, -0.2) is 79.4 Å². The van der Waals surface area contributed by atoms with E-state index in [1.807, 2.05) is 24.3 Å². The molecule has 2 heterocycles. The molecule has 2 aliphatic heterocycles. The number of benzene rings is 2. The summed E-state index contributed by atoms with van der Waals surface area (Å²) in [5.41, 5.74) is 1.65. The molecule has 2 aromatic carbocycles. The topological polar surface area (TPSA) is 85.0 Å². The predicted molar refractivity (Wildman–Crippen MR) is 133 cm³/mol. The number of halogens is 2. The molecule has 0 bridgehead atoms. The molecule has 2 aromatic rings. The summed E-state index contributed by atoms with van der Waals surface area (Å²) in [7, 11) is 0. The monoisotopic (exact) mass is 503 g/mol. The van der Waals surface area contributed by atoms with Crippen molar-refractivity contribution in [2.24, 2.45) is 0 Å². The van der Waals surface area contributed by atoms with Crippen molar-refractivity contribution in [1.29, 1.82) is 0 Å². The molecular weight excluding hydrogens is 477 g/mol. The van der Waals surface area contributed by atoms with Gasteiger partial charge in [-0.2, -0.15) is 0 Å². The normalized spacial score (nSPS) is 19.0. The van der Waals surface area contributed by atoms with Crippen LogP contribution in [0.3, 0.4) is 0 Å². The maximum Gasteiger partial charge on any atom is 0.243 e. The maximum absolute atomic E-state index is 13.1. The predicted octanol–water partition coefficient (Wildman–Crippen LogP) is 2.47. The van der Waals surface area contributed by atoms with E-state index in [0.29, 0.717) is 28.8 Å². The minimum atomic E-state index is -0.837. The van der Waals surface area contributed by atoms with Crippen LogP contribution in [0.25, 0.3) is 0 Å². The van der Waals surface area contributed by atoms with Gasteiger partial charge in [-0.05, 0) is 42.5 Å². The zero-order valence-corrected chi connectivity index (χ0v) is 20.2. The number of nitrogens with zero attached hydrogens (tertiary/aromatic N) is 3. The van der Waals surface area contributed by atoms with Gasteiger partial charge in [0.25, 0.3) is 0 Å². The van der Waals surface area contributed by atoms with Crippen molar-refractivity contribution >= 4 is 52.3 Å². The van der Waals surface area contributed by atoms with E-state index in [4.69, 9.17) is 23.2 Å². The summed E-state index contributed by atoms with van der Waals surface area (Å²) in [5, 5.41) is 6.72. The molecule has 10 heteroatoms. The highest BCUT2D eigenvalue weighted by atomic mass is 35.5. The Morgan fingerprint density at radius 1 is 0.971 bits per heavy atom. The van der Waals surface area contributed by atoms with Gasteiger partial charge >= 0.3 is 0 Å². The standard InChI is InChI=1S/C24H27Cl2N5O3/c25-17-4-6-20(7-5-17)30-12-10-29(11-13-30)16-23(33)31-9-8-27-24(34)21(31)15-22(32)28-19-3-1-2-18(26)14-19/h1-7,14,21H,8-13,15-16H2,(H,27,34)(H,28,32)/t21-/m0/s1. The van der Waals surface area contributed by atoms with Gasteiger partial charge in [-0.1, -0.05) is 29.3 Å². The van der Waals surface area contributed by atoms with Crippen LogP contribution in [0, 0.1) is 0 Å². The van der Waals surface area contributed by atoms with E-state index in [2.05, 4.69) is 20.4 Å². The third-order valence-electron chi connectivity index (χ3n) is 6.06. The van der Waals surface area contributed by atoms with Gasteiger partial charge in [-0.15, -0.1) is 0 Å². The van der Waals surface area contributed by atoms with E-state index >= 15 is 0 Å². The lowest BCUT2D eigenvalue weighted by Crippen LogP contribution is -2.60. The Bertz CT molecular complexity index is 1040. The smallest absolute Gasteiger partial charge is 0.243 e. The Morgan fingerprint density at radius 2 is 1.71 bits per heavy atom. The summed E-state index contributed by atoms with van der Waals surface area (Å²) < 4.78 is 0. The number of amides is 3. The van der Waals surface area contributed by atoms with Crippen molar-refractivity contribution in [3.63, 3.8) is 0 Å². The number of rotatable bonds is 6. The molecule has 4 rings (SSSR count). The molecule has 2 N–H and O–H groups in total. The largest absolute Gasteiger partial charge is 0.369 e. The zero-order chi connectivity index (χ0) is 24.1. The van der Waals surface area contributed by atoms with Crippen LogP contribution in [0.15, 0.2) is 48.5 Å². The fourth-order valence-electron chi connectivity index (χ4n) is 4.27. The first-order valence-electron chi connectivity index (χ1n) is 11.2. The second kappa shape index (κ2) is 11.1. The van der Waals surface area contributed by atoms with E-state index in [1.165, 1.54) is 4.90 Å². The van der Waals surface area contributed by atoms with Gasteiger partial charge in [-0.25, -0.2) is 0 Å². The fraction of sp³-hybridized carbons (Fsp3) is 0.375. The number of anilines is 2. The average Bonchev–Trinajstić information content (AvgIpc) is 2.81. The van der Waals surface area contributed by atoms with Gasteiger partial charge < -0.3 is 20.4 Å². The summed E-state index contributed by atoms with van der Waals surface area (Å²) in [6, 6.07) is 13.7. The number of carbonyl (C=O) groups excluding carboxylic acids is 3. The molecule has 2 fully saturated rings. The van der Waals surface area contributed by atoms with Crippen molar-refractivity contribution in [3.8, 4) is 0 Å². The summed E-state index contributed by atoms with van der Waals surface area (Å²) >= 11 is 11.9. The van der Waals surface area contributed by atoms with Crippen molar-refractivity contribution in [2.75, 3.05) is 56.0 Å². The van der Waals surface area contributed by atoms with Crippen molar-refractivity contribution in [1.82, 2.24) is 15.1 Å². The second-order valence-electron chi connectivity index (χ2n) is 8.40. The summed E-state index contributed by atoms with van der Waals surface area (Å²) in [6.45, 7) is 4.02. The molecule has 0 spiro atoms. The van der Waals surface area contributed by atoms with Gasteiger partial charge in [0.15, 0.2) is 0 Å². The summed E-state index contributed by atoms with van der Waals surface area (Å²) in [4.78, 5) is 44.1. The Labute approximate surface area is 208 Å². The van der Waals surface area contributed by atoms with Crippen LogP contribution in [0.1, 0.15) is 6.42 Å². The maximum atomic E-state index is 13.1. The van der Waals surface area contributed by atoms with Crippen molar-refractivity contribution in [2.45, 2.75) is 12.5 Å². The SMILES string of the molecule is O=C(C[C@H]1C(=O)NCCN1C(=O)CN1CCN(c2ccc(Cl)cc2)CC1)Nc1cccc(Cl)c1. The van der Waals surface area contributed by atoms with Gasteiger partial charge in [-0.3, -0.25) is 19.3 Å². The van der Waals surface area contributed by atoms with E-state index in [0.717, 1.165) is 31.9 Å². The van der Waals surface area contributed by atoms with Crippen LogP contribution in [0.2, 0.25) is 10.0 Å². The molecule has 0 unspecified atom stereocenters. The highest BCUT2D eigenvalue weighted by Gasteiger charge is 2.35. The van der Waals surface area contributed by atoms with Crippen LogP contribution in [0.4, 0.5) is 11.4 Å². The molecule has 0 aromatic heterocycles. The van der Waals surface area contributed by atoms with Gasteiger partial charge in [0.1, 0.15) is 6.04 Å². The Kier molecular flexibility index (Phi) is 7.92. The first kappa shape index (κ1) is 24.3. The number of piperazine rings is 2. The van der Waals surface area contributed by atoms with Gasteiger partial charge in [0.05, 0.1) is 13.0 Å². The van der Waals surface area contributed by atoms with E-state index in [-0.39, 0.29) is 30.7 Å². The highest BCUT2D eigenvalue weighted by molar-refractivity contribution is 6.31. The third-order valence-corrected chi connectivity index (χ3v) is 6.55. The Balaban J connectivity index is 1.32. The molecule has 8 nitrogen and oxygen atoms in total. The summed E-state index contributed by atoms with van der Waals surface area (Å²) in [5.74, 6) is -0.803. The number of hydrogen-bond acceptors (Lipinski definition) is 5. The van der Waals surface area contributed by atoms with Crippen LogP contribution in [0.5, 0.6) is 0 Å². The first-order chi connectivity index (χ1) is 16.4. The lowest BCUT2D eigenvalue weighted by atomic mass is 10.1. The number of carbonyl (C=O) groups is 3. The molecular formula is C24H27Cl2N5O3. The number of nitrogens with one attached hydrogen (secondary N) is 2. The highest BCUT2D eigenvalue weighted by Crippen LogP contribution is 2.20. The second-order valence-corrected chi connectivity index (χ2v) is 9.27. The quantitative estimate of drug-likeness (QED) is 0.632. The summed E-state index contributed by atoms with van der Waals surface area (Å²) in [6.07, 6.45) is -0.117. The molecule has 2 saturated heterocycles. The van der Waals surface area contributed by atoms with Crippen LogP contribution >= 0.6 is 23.2 Å².